The van der Waals surface area contributed by atoms with Crippen LogP contribution in [0.1, 0.15) is 13.8 Å². The fourth-order valence-electron chi connectivity index (χ4n) is 0.470. The summed E-state index contributed by atoms with van der Waals surface area (Å²) in [6.07, 6.45) is 7.55. The maximum absolute atomic E-state index is 5.18. The molecule has 0 atom stereocenters. The van der Waals surface area contributed by atoms with Gasteiger partial charge in [-0.05, 0) is 19.9 Å². The van der Waals surface area contributed by atoms with Gasteiger partial charge < -0.3 is 4.74 Å². The van der Waals surface area contributed by atoms with Crippen molar-refractivity contribution in [3.8, 4) is 0 Å². The number of allylic oxidation sites excluding steroid dienone is 4. The van der Waals surface area contributed by atoms with Gasteiger partial charge in [0, 0.05) is 0 Å². The maximum Gasteiger partial charge on any atom is 0.106 e. The summed E-state index contributed by atoms with van der Waals surface area (Å²) in [5.41, 5.74) is 0. The van der Waals surface area contributed by atoms with Gasteiger partial charge in [-0.3, -0.25) is 0 Å². The zero-order valence-electron chi connectivity index (χ0n) is 6.63. The summed E-state index contributed by atoms with van der Waals surface area (Å²) < 4.78 is 5.18. The molecule has 0 aliphatic rings. The second-order valence-corrected chi connectivity index (χ2v) is 1.90. The van der Waals surface area contributed by atoms with Crippen molar-refractivity contribution in [2.75, 3.05) is 6.61 Å². The van der Waals surface area contributed by atoms with Crippen molar-refractivity contribution in [3.63, 3.8) is 0 Å². The molecule has 0 radical (unpaired) electrons. The fraction of sp³-hybridized carbons (Fsp3) is 0.333. The van der Waals surface area contributed by atoms with E-state index in [2.05, 4.69) is 6.58 Å². The minimum absolute atomic E-state index is 0.583. The van der Waals surface area contributed by atoms with Crippen molar-refractivity contribution in [2.24, 2.45) is 0 Å². The molecule has 0 saturated heterocycles. The van der Waals surface area contributed by atoms with Crippen LogP contribution in [0.25, 0.3) is 0 Å². The Morgan fingerprint density at radius 2 is 2.30 bits per heavy atom. The monoisotopic (exact) mass is 138 g/mol. The second-order valence-electron chi connectivity index (χ2n) is 1.90. The van der Waals surface area contributed by atoms with E-state index in [0.29, 0.717) is 6.61 Å². The smallest absolute Gasteiger partial charge is 0.106 e. The van der Waals surface area contributed by atoms with Crippen molar-refractivity contribution in [2.45, 2.75) is 13.8 Å². The van der Waals surface area contributed by atoms with Crippen LogP contribution in [0.2, 0.25) is 0 Å². The van der Waals surface area contributed by atoms with Crippen molar-refractivity contribution < 1.29 is 4.74 Å². The Morgan fingerprint density at radius 3 is 2.80 bits per heavy atom. The largest absolute Gasteiger partial charge is 0.494 e. The lowest BCUT2D eigenvalue weighted by Crippen LogP contribution is -1.85. The van der Waals surface area contributed by atoms with E-state index in [-0.39, 0.29) is 0 Å². The highest BCUT2D eigenvalue weighted by Gasteiger charge is 1.81. The van der Waals surface area contributed by atoms with E-state index in [1.54, 1.807) is 6.08 Å². The molecule has 0 saturated carbocycles. The van der Waals surface area contributed by atoms with Crippen LogP contribution >= 0.6 is 0 Å². The van der Waals surface area contributed by atoms with Crippen molar-refractivity contribution >= 4 is 0 Å². The standard InChI is InChI=1S/C9H14O/c1-4-6-7-9(3)10-8-5-2/h4-7H,2,8H2,1,3H3. The van der Waals surface area contributed by atoms with Gasteiger partial charge >= 0.3 is 0 Å². The van der Waals surface area contributed by atoms with E-state index >= 15 is 0 Å². The molecular formula is C9H14O. The average Bonchev–Trinajstić information content (AvgIpc) is 1.97. The quantitative estimate of drug-likeness (QED) is 0.329. The van der Waals surface area contributed by atoms with Crippen LogP contribution in [0.4, 0.5) is 0 Å². The van der Waals surface area contributed by atoms with E-state index in [0.717, 1.165) is 5.76 Å². The predicted octanol–water partition coefficient (Wildman–Crippen LogP) is 2.67. The third kappa shape index (κ3) is 5.16. The van der Waals surface area contributed by atoms with E-state index in [1.807, 2.05) is 32.1 Å². The molecule has 0 N–H and O–H groups in total. The molecule has 0 aromatic heterocycles. The lowest BCUT2D eigenvalue weighted by Gasteiger charge is -1.99. The lowest BCUT2D eigenvalue weighted by molar-refractivity contribution is 0.250. The molecule has 0 heterocycles. The fourth-order valence-corrected chi connectivity index (χ4v) is 0.470. The molecule has 0 unspecified atom stereocenters. The van der Waals surface area contributed by atoms with E-state index < -0.39 is 0 Å². The second kappa shape index (κ2) is 6.14. The molecular weight excluding hydrogens is 124 g/mol. The van der Waals surface area contributed by atoms with Crippen LogP contribution in [0, 0.1) is 0 Å². The molecule has 56 valence electrons. The van der Waals surface area contributed by atoms with Crippen molar-refractivity contribution in [1.82, 2.24) is 0 Å². The zero-order valence-corrected chi connectivity index (χ0v) is 6.63. The summed E-state index contributed by atoms with van der Waals surface area (Å²) in [4.78, 5) is 0. The summed E-state index contributed by atoms with van der Waals surface area (Å²) in [6, 6.07) is 0. The van der Waals surface area contributed by atoms with Crippen LogP contribution < -0.4 is 0 Å². The SMILES string of the molecule is C=CCOC(C)=CC=CC. The molecule has 10 heavy (non-hydrogen) atoms. The Morgan fingerprint density at radius 1 is 1.60 bits per heavy atom. The molecule has 1 nitrogen and oxygen atoms in total. The number of ether oxygens (including phenoxy) is 1. The highest BCUT2D eigenvalue weighted by molar-refractivity contribution is 5.04. The van der Waals surface area contributed by atoms with E-state index in [1.165, 1.54) is 0 Å². The van der Waals surface area contributed by atoms with Crippen molar-refractivity contribution in [1.29, 1.82) is 0 Å². The molecule has 0 aromatic rings. The summed E-state index contributed by atoms with van der Waals surface area (Å²) >= 11 is 0. The minimum Gasteiger partial charge on any atom is -0.494 e. The first-order valence-electron chi connectivity index (χ1n) is 3.34. The molecule has 0 spiro atoms. The number of rotatable bonds is 4. The average molecular weight is 138 g/mol. The van der Waals surface area contributed by atoms with Gasteiger partial charge in [0.1, 0.15) is 6.61 Å². The molecule has 0 amide bonds. The summed E-state index contributed by atoms with van der Waals surface area (Å²) in [7, 11) is 0. The van der Waals surface area contributed by atoms with E-state index in [4.69, 9.17) is 4.74 Å². The number of hydrogen-bond acceptors (Lipinski definition) is 1. The molecule has 0 rings (SSSR count). The normalized spacial score (nSPS) is 12.0. The molecule has 0 aromatic carbocycles. The van der Waals surface area contributed by atoms with Crippen LogP contribution in [-0.2, 0) is 4.74 Å². The van der Waals surface area contributed by atoms with Crippen LogP contribution in [0.15, 0.2) is 36.6 Å². The lowest BCUT2D eigenvalue weighted by atomic mass is 10.4. The van der Waals surface area contributed by atoms with Gasteiger partial charge in [0.2, 0.25) is 0 Å². The highest BCUT2D eigenvalue weighted by atomic mass is 16.5. The molecule has 1 heteroatoms. The van der Waals surface area contributed by atoms with Gasteiger partial charge in [0.05, 0.1) is 5.76 Å². The van der Waals surface area contributed by atoms with Gasteiger partial charge in [-0.1, -0.05) is 24.8 Å². The van der Waals surface area contributed by atoms with Gasteiger partial charge in [0.25, 0.3) is 0 Å². The zero-order chi connectivity index (χ0) is 7.82. The topological polar surface area (TPSA) is 9.23 Å². The maximum atomic E-state index is 5.18. The Kier molecular flexibility index (Phi) is 5.54. The first kappa shape index (κ1) is 9.02. The van der Waals surface area contributed by atoms with Crippen LogP contribution in [0.3, 0.4) is 0 Å². The summed E-state index contributed by atoms with van der Waals surface area (Å²) in [5, 5.41) is 0. The highest BCUT2D eigenvalue weighted by Crippen LogP contribution is 1.94. The third-order valence-electron chi connectivity index (χ3n) is 0.952. The number of hydrogen-bond donors (Lipinski definition) is 0. The Balaban J connectivity index is 3.59. The van der Waals surface area contributed by atoms with E-state index in [9.17, 15) is 0 Å². The Hall–Kier alpha value is -0.980. The van der Waals surface area contributed by atoms with Gasteiger partial charge in [-0.15, -0.1) is 0 Å². The first-order chi connectivity index (χ1) is 4.81. The first-order valence-corrected chi connectivity index (χ1v) is 3.34. The van der Waals surface area contributed by atoms with Gasteiger partial charge in [-0.2, -0.15) is 0 Å². The minimum atomic E-state index is 0.583. The van der Waals surface area contributed by atoms with Gasteiger partial charge in [0.15, 0.2) is 0 Å². The summed E-state index contributed by atoms with van der Waals surface area (Å²) in [6.45, 7) is 8.02. The third-order valence-corrected chi connectivity index (χ3v) is 0.952. The summed E-state index contributed by atoms with van der Waals surface area (Å²) in [5.74, 6) is 0.915. The Bertz CT molecular complexity index is 143. The Labute approximate surface area is 62.7 Å². The molecule has 0 aliphatic heterocycles. The van der Waals surface area contributed by atoms with Crippen LogP contribution in [0.5, 0.6) is 0 Å². The molecule has 0 aliphatic carbocycles. The molecule has 0 fully saturated rings. The van der Waals surface area contributed by atoms with Crippen molar-refractivity contribution in [3.05, 3.63) is 36.6 Å². The predicted molar refractivity (Wildman–Crippen MR) is 44.7 cm³/mol. The molecule has 0 bridgehead atoms. The van der Waals surface area contributed by atoms with Crippen LogP contribution in [-0.4, -0.2) is 6.61 Å². The van der Waals surface area contributed by atoms with Gasteiger partial charge in [-0.25, -0.2) is 0 Å².